The first kappa shape index (κ1) is 19.2. The van der Waals surface area contributed by atoms with Gasteiger partial charge < -0.3 is 9.32 Å². The number of amides is 1. The number of hydrogen-bond acceptors (Lipinski definition) is 4. The minimum absolute atomic E-state index is 0.0222. The molecule has 1 amide bonds. The first-order chi connectivity index (χ1) is 14.6. The molecule has 6 nitrogen and oxygen atoms in total. The predicted molar refractivity (Wildman–Crippen MR) is 115 cm³/mol. The van der Waals surface area contributed by atoms with Gasteiger partial charge in [0.2, 0.25) is 0 Å². The second kappa shape index (κ2) is 7.78. The lowest BCUT2D eigenvalue weighted by Crippen LogP contribution is -2.37. The number of fused-ring (bicyclic) bond motifs is 1. The van der Waals surface area contributed by atoms with Crippen molar-refractivity contribution in [3.05, 3.63) is 76.4 Å². The van der Waals surface area contributed by atoms with Crippen LogP contribution in [0, 0.1) is 0 Å². The molecule has 0 aliphatic carbocycles. The van der Waals surface area contributed by atoms with Gasteiger partial charge in [-0.2, -0.15) is 5.10 Å². The molecule has 1 aliphatic rings. The number of carbonyl (C=O) groups is 1. The van der Waals surface area contributed by atoms with E-state index >= 15 is 0 Å². The first-order valence-electron chi connectivity index (χ1n) is 9.73. The molecule has 0 unspecified atom stereocenters. The number of aromatic nitrogens is 3. The van der Waals surface area contributed by atoms with E-state index in [-0.39, 0.29) is 11.8 Å². The Kier molecular flexibility index (Phi) is 4.97. The summed E-state index contributed by atoms with van der Waals surface area (Å²) in [6.07, 6.45) is 4.94. The summed E-state index contributed by atoms with van der Waals surface area (Å²) in [5.74, 6) is 0.883. The number of hydrogen-bond donors (Lipinski definition) is 0. The second-order valence-corrected chi connectivity index (χ2v) is 8.26. The summed E-state index contributed by atoms with van der Waals surface area (Å²) < 4.78 is 7.57. The third-order valence-corrected chi connectivity index (χ3v) is 5.87. The fourth-order valence-corrected chi connectivity index (χ4v) is 4.15. The Bertz CT molecular complexity index is 1220. The van der Waals surface area contributed by atoms with Crippen molar-refractivity contribution in [1.82, 2.24) is 19.7 Å². The van der Waals surface area contributed by atoms with Crippen molar-refractivity contribution in [3.8, 4) is 5.69 Å². The van der Waals surface area contributed by atoms with E-state index in [4.69, 9.17) is 27.6 Å². The van der Waals surface area contributed by atoms with Gasteiger partial charge in [-0.3, -0.25) is 4.79 Å². The quantitative estimate of drug-likeness (QED) is 0.431. The van der Waals surface area contributed by atoms with Crippen LogP contribution in [0.25, 0.3) is 16.8 Å². The van der Waals surface area contributed by atoms with Gasteiger partial charge in [0.15, 0.2) is 11.5 Å². The van der Waals surface area contributed by atoms with Gasteiger partial charge in [0.1, 0.15) is 5.52 Å². The van der Waals surface area contributed by atoms with Gasteiger partial charge in [0.25, 0.3) is 5.91 Å². The highest BCUT2D eigenvalue weighted by Crippen LogP contribution is 2.31. The number of rotatable bonds is 3. The maximum Gasteiger partial charge on any atom is 0.257 e. The van der Waals surface area contributed by atoms with Crippen molar-refractivity contribution in [3.63, 3.8) is 0 Å². The number of carbonyl (C=O) groups excluding carboxylic acids is 1. The van der Waals surface area contributed by atoms with Crippen molar-refractivity contribution in [2.45, 2.75) is 18.8 Å². The summed E-state index contributed by atoms with van der Waals surface area (Å²) >= 11 is 12.1. The minimum atomic E-state index is -0.0222. The van der Waals surface area contributed by atoms with E-state index in [1.165, 1.54) is 0 Å². The monoisotopic (exact) mass is 440 g/mol. The highest BCUT2D eigenvalue weighted by molar-refractivity contribution is 6.31. The lowest BCUT2D eigenvalue weighted by Gasteiger charge is -2.30. The molecule has 0 spiro atoms. The van der Waals surface area contributed by atoms with E-state index in [0.29, 0.717) is 34.6 Å². The zero-order valence-electron chi connectivity index (χ0n) is 16.0. The van der Waals surface area contributed by atoms with Gasteiger partial charge in [-0.05, 0) is 49.2 Å². The topological polar surface area (TPSA) is 64.2 Å². The van der Waals surface area contributed by atoms with Crippen LogP contribution in [0.4, 0.5) is 0 Å². The maximum atomic E-state index is 12.9. The zero-order chi connectivity index (χ0) is 20.7. The van der Waals surface area contributed by atoms with Crippen LogP contribution in [0.15, 0.2) is 59.3 Å². The van der Waals surface area contributed by atoms with Gasteiger partial charge in [-0.1, -0.05) is 29.3 Å². The average molecular weight is 441 g/mol. The Labute approximate surface area is 183 Å². The van der Waals surface area contributed by atoms with Gasteiger partial charge in [0.05, 0.1) is 17.4 Å². The molecule has 0 radical (unpaired) electrons. The molecule has 2 aromatic carbocycles. The Morgan fingerprint density at radius 2 is 1.87 bits per heavy atom. The van der Waals surface area contributed by atoms with Gasteiger partial charge >= 0.3 is 0 Å². The fourth-order valence-electron chi connectivity index (χ4n) is 3.80. The summed E-state index contributed by atoms with van der Waals surface area (Å²) in [6, 6.07) is 12.8. The minimum Gasteiger partial charge on any atom is -0.440 e. The molecule has 4 aromatic rings. The molecule has 0 N–H and O–H groups in total. The molecular formula is C22H18Cl2N4O2. The van der Waals surface area contributed by atoms with E-state index in [9.17, 15) is 4.79 Å². The number of benzene rings is 2. The van der Waals surface area contributed by atoms with Crippen LogP contribution in [0.2, 0.25) is 10.0 Å². The summed E-state index contributed by atoms with van der Waals surface area (Å²) in [4.78, 5) is 19.4. The SMILES string of the molecule is O=C(c1cnn(-c2cccc(Cl)c2)c1)N1CCC(c2nc3cc(Cl)ccc3o2)CC1. The molecule has 3 heterocycles. The lowest BCUT2D eigenvalue weighted by atomic mass is 9.96. The van der Waals surface area contributed by atoms with Crippen molar-refractivity contribution < 1.29 is 9.21 Å². The van der Waals surface area contributed by atoms with E-state index < -0.39 is 0 Å². The number of oxazole rings is 1. The molecular weight excluding hydrogens is 423 g/mol. The van der Waals surface area contributed by atoms with E-state index in [0.717, 1.165) is 29.6 Å². The molecule has 5 rings (SSSR count). The molecule has 1 aliphatic heterocycles. The Hall–Kier alpha value is -2.83. The second-order valence-electron chi connectivity index (χ2n) is 7.38. The predicted octanol–water partition coefficient (Wildman–Crippen LogP) is 5.34. The standard InChI is InChI=1S/C22H18Cl2N4O2/c23-16-2-1-3-18(10-16)28-13-15(12-25-28)22(29)27-8-6-14(7-9-27)21-26-19-11-17(24)4-5-20(19)30-21/h1-5,10-14H,6-9H2. The molecule has 2 aromatic heterocycles. The van der Waals surface area contributed by atoms with Crippen molar-refractivity contribution in [1.29, 1.82) is 0 Å². The average Bonchev–Trinajstić information content (AvgIpc) is 3.40. The third kappa shape index (κ3) is 3.68. The summed E-state index contributed by atoms with van der Waals surface area (Å²) in [5.41, 5.74) is 2.88. The smallest absolute Gasteiger partial charge is 0.257 e. The molecule has 0 bridgehead atoms. The van der Waals surface area contributed by atoms with Crippen molar-refractivity contribution >= 4 is 40.2 Å². The summed E-state index contributed by atoms with van der Waals surface area (Å²) in [5, 5.41) is 5.58. The fraction of sp³-hybridized carbons (Fsp3) is 0.227. The van der Waals surface area contributed by atoms with Gasteiger partial charge in [0, 0.05) is 35.2 Å². The van der Waals surface area contributed by atoms with E-state index in [1.54, 1.807) is 35.3 Å². The number of piperidine rings is 1. The maximum absolute atomic E-state index is 12.9. The molecule has 0 atom stereocenters. The molecule has 0 saturated carbocycles. The molecule has 1 fully saturated rings. The van der Waals surface area contributed by atoms with E-state index in [2.05, 4.69) is 10.1 Å². The van der Waals surface area contributed by atoms with Crippen LogP contribution in [0.3, 0.4) is 0 Å². The van der Waals surface area contributed by atoms with Crippen LogP contribution in [-0.2, 0) is 0 Å². The number of halogens is 2. The molecule has 8 heteroatoms. The van der Waals surface area contributed by atoms with E-state index in [1.807, 2.05) is 29.2 Å². The lowest BCUT2D eigenvalue weighted by molar-refractivity contribution is 0.0706. The van der Waals surface area contributed by atoms with Crippen molar-refractivity contribution in [2.75, 3.05) is 13.1 Å². The van der Waals surface area contributed by atoms with Crippen LogP contribution >= 0.6 is 23.2 Å². The first-order valence-corrected chi connectivity index (χ1v) is 10.5. The highest BCUT2D eigenvalue weighted by atomic mass is 35.5. The van der Waals surface area contributed by atoms with Crippen LogP contribution in [0.5, 0.6) is 0 Å². The third-order valence-electron chi connectivity index (χ3n) is 5.40. The zero-order valence-corrected chi connectivity index (χ0v) is 17.5. The van der Waals surface area contributed by atoms with Crippen LogP contribution in [0.1, 0.15) is 35.0 Å². The van der Waals surface area contributed by atoms with Gasteiger partial charge in [-0.15, -0.1) is 0 Å². The number of nitrogens with zero attached hydrogens (tertiary/aromatic N) is 4. The Balaban J connectivity index is 1.26. The molecule has 1 saturated heterocycles. The summed E-state index contributed by atoms with van der Waals surface area (Å²) in [7, 11) is 0. The van der Waals surface area contributed by atoms with Crippen LogP contribution < -0.4 is 0 Å². The largest absolute Gasteiger partial charge is 0.440 e. The van der Waals surface area contributed by atoms with Gasteiger partial charge in [-0.25, -0.2) is 9.67 Å². The molecule has 30 heavy (non-hydrogen) atoms. The normalized spacial score (nSPS) is 15.1. The van der Waals surface area contributed by atoms with Crippen LogP contribution in [-0.4, -0.2) is 38.7 Å². The molecule has 152 valence electrons. The van der Waals surface area contributed by atoms with Crippen molar-refractivity contribution in [2.24, 2.45) is 0 Å². The Morgan fingerprint density at radius 1 is 1.07 bits per heavy atom. The highest BCUT2D eigenvalue weighted by Gasteiger charge is 2.28. The summed E-state index contributed by atoms with van der Waals surface area (Å²) in [6.45, 7) is 1.29. The number of likely N-dealkylation sites (tertiary alicyclic amines) is 1. The Morgan fingerprint density at radius 3 is 2.67 bits per heavy atom.